The standard InChI is InChI=1S/C8H14O4S2/c1-10-5-3-11-8-6(14(9)13-2)4-12-7(5)8/h5-8H,3-4H2,1-2H3/t5?,6?,7-,8-,14?/m1/s1. The maximum atomic E-state index is 11.6. The highest BCUT2D eigenvalue weighted by molar-refractivity contribution is 8.69. The molecule has 2 rings (SSSR count). The molecule has 0 amide bonds. The van der Waals surface area contributed by atoms with Crippen LogP contribution in [0.1, 0.15) is 0 Å². The van der Waals surface area contributed by atoms with Crippen LogP contribution in [0.3, 0.4) is 0 Å². The van der Waals surface area contributed by atoms with Gasteiger partial charge in [-0.25, -0.2) is 4.21 Å². The Balaban J connectivity index is 2.04. The summed E-state index contributed by atoms with van der Waals surface area (Å²) in [6.45, 7) is 1.07. The summed E-state index contributed by atoms with van der Waals surface area (Å²) in [6.07, 6.45) is 1.77. The van der Waals surface area contributed by atoms with Crippen molar-refractivity contribution >= 4 is 20.6 Å². The highest BCUT2D eigenvalue weighted by Gasteiger charge is 2.50. The number of ether oxygens (including phenoxy) is 3. The molecule has 14 heavy (non-hydrogen) atoms. The second-order valence-corrected chi connectivity index (χ2v) is 6.78. The first-order valence-corrected chi connectivity index (χ1v) is 7.44. The number of fused-ring (bicyclic) bond motifs is 1. The first kappa shape index (κ1) is 10.9. The van der Waals surface area contributed by atoms with Crippen LogP contribution in [-0.2, 0) is 24.0 Å². The molecule has 0 aromatic heterocycles. The van der Waals surface area contributed by atoms with E-state index in [1.165, 1.54) is 10.8 Å². The molecule has 0 aliphatic carbocycles. The molecule has 4 nitrogen and oxygen atoms in total. The quantitative estimate of drug-likeness (QED) is 0.657. The van der Waals surface area contributed by atoms with E-state index in [0.717, 1.165) is 0 Å². The maximum absolute atomic E-state index is 11.6. The van der Waals surface area contributed by atoms with Crippen molar-refractivity contribution in [3.8, 4) is 0 Å². The average Bonchev–Trinajstić information content (AvgIpc) is 2.76. The van der Waals surface area contributed by atoms with Crippen LogP contribution in [0.2, 0.25) is 0 Å². The van der Waals surface area contributed by atoms with E-state index in [1.807, 2.05) is 6.26 Å². The normalized spacial score (nSPS) is 43.9. The molecule has 2 aliphatic rings. The molecule has 3 unspecified atom stereocenters. The fourth-order valence-corrected chi connectivity index (χ4v) is 4.05. The Hall–Kier alpha value is 0.380. The molecule has 2 fully saturated rings. The van der Waals surface area contributed by atoms with Gasteiger partial charge in [-0.1, -0.05) is 10.8 Å². The van der Waals surface area contributed by atoms with Gasteiger partial charge in [0.25, 0.3) is 0 Å². The van der Waals surface area contributed by atoms with Crippen molar-refractivity contribution in [1.29, 1.82) is 0 Å². The second-order valence-electron chi connectivity index (χ2n) is 3.34. The molecule has 2 aliphatic heterocycles. The summed E-state index contributed by atoms with van der Waals surface area (Å²) in [7, 11) is 2.08. The zero-order valence-corrected chi connectivity index (χ0v) is 9.81. The van der Waals surface area contributed by atoms with Gasteiger partial charge in [-0.2, -0.15) is 0 Å². The smallest absolute Gasteiger partial charge is 0.113 e. The van der Waals surface area contributed by atoms with Crippen molar-refractivity contribution in [2.75, 3.05) is 26.6 Å². The summed E-state index contributed by atoms with van der Waals surface area (Å²) in [5.74, 6) is 0. The van der Waals surface area contributed by atoms with Gasteiger partial charge in [-0.05, 0) is 6.26 Å². The maximum Gasteiger partial charge on any atom is 0.113 e. The summed E-state index contributed by atoms with van der Waals surface area (Å²) in [5, 5.41) is -0.00449. The van der Waals surface area contributed by atoms with Crippen molar-refractivity contribution in [3.05, 3.63) is 0 Å². The first-order valence-electron chi connectivity index (χ1n) is 4.49. The Morgan fingerprint density at radius 2 is 2.07 bits per heavy atom. The molecule has 2 heterocycles. The molecule has 2 saturated heterocycles. The van der Waals surface area contributed by atoms with Gasteiger partial charge in [0.05, 0.1) is 28.3 Å². The Morgan fingerprint density at radius 1 is 1.36 bits per heavy atom. The summed E-state index contributed by atoms with van der Waals surface area (Å²) in [5.41, 5.74) is 0. The van der Waals surface area contributed by atoms with Gasteiger partial charge in [0, 0.05) is 7.11 Å². The molecule has 0 radical (unpaired) electrons. The second kappa shape index (κ2) is 4.49. The van der Waals surface area contributed by atoms with Crippen LogP contribution in [0.25, 0.3) is 0 Å². The Labute approximate surface area is 89.5 Å². The predicted octanol–water partition coefficient (Wildman–Crippen LogP) is 0.194. The third-order valence-corrected chi connectivity index (χ3v) is 5.63. The van der Waals surface area contributed by atoms with E-state index in [-0.39, 0.29) is 23.6 Å². The van der Waals surface area contributed by atoms with E-state index in [4.69, 9.17) is 14.2 Å². The van der Waals surface area contributed by atoms with Crippen molar-refractivity contribution < 1.29 is 18.4 Å². The van der Waals surface area contributed by atoms with Crippen LogP contribution in [0.4, 0.5) is 0 Å². The molecule has 6 heteroatoms. The van der Waals surface area contributed by atoms with Crippen LogP contribution in [0.5, 0.6) is 0 Å². The Kier molecular flexibility index (Phi) is 3.49. The molecule has 5 atom stereocenters. The zero-order valence-electron chi connectivity index (χ0n) is 8.17. The summed E-state index contributed by atoms with van der Waals surface area (Å²) in [6, 6.07) is 0. The van der Waals surface area contributed by atoms with E-state index in [0.29, 0.717) is 13.2 Å². The predicted molar refractivity (Wildman–Crippen MR) is 55.7 cm³/mol. The summed E-state index contributed by atoms with van der Waals surface area (Å²) >= 11 is 0. The van der Waals surface area contributed by atoms with Crippen LogP contribution in [-0.4, -0.2) is 54.4 Å². The molecule has 82 valence electrons. The lowest BCUT2D eigenvalue weighted by molar-refractivity contribution is -0.00713. The van der Waals surface area contributed by atoms with Crippen LogP contribution in [0.15, 0.2) is 0 Å². The van der Waals surface area contributed by atoms with Crippen LogP contribution >= 0.6 is 10.8 Å². The average molecular weight is 238 g/mol. The monoisotopic (exact) mass is 238 g/mol. The minimum atomic E-state index is -0.919. The summed E-state index contributed by atoms with van der Waals surface area (Å²) < 4.78 is 28.0. The number of hydrogen-bond acceptors (Lipinski definition) is 5. The Bertz CT molecular complexity index is 235. The van der Waals surface area contributed by atoms with E-state index < -0.39 is 9.83 Å². The number of hydrogen-bond donors (Lipinski definition) is 0. The van der Waals surface area contributed by atoms with Gasteiger partial charge in [-0.3, -0.25) is 0 Å². The van der Waals surface area contributed by atoms with Crippen molar-refractivity contribution in [1.82, 2.24) is 0 Å². The topological polar surface area (TPSA) is 44.8 Å². The molecule has 0 aromatic carbocycles. The lowest BCUT2D eigenvalue weighted by Crippen LogP contribution is -2.33. The van der Waals surface area contributed by atoms with Crippen LogP contribution in [0, 0.1) is 0 Å². The minimum Gasteiger partial charge on any atom is -0.376 e. The van der Waals surface area contributed by atoms with Gasteiger partial charge in [0.2, 0.25) is 0 Å². The van der Waals surface area contributed by atoms with Gasteiger partial charge in [0.1, 0.15) is 18.3 Å². The fraction of sp³-hybridized carbons (Fsp3) is 1.00. The Morgan fingerprint density at radius 3 is 2.71 bits per heavy atom. The van der Waals surface area contributed by atoms with Gasteiger partial charge in [-0.15, -0.1) is 0 Å². The van der Waals surface area contributed by atoms with Gasteiger partial charge < -0.3 is 14.2 Å². The molecule has 0 aromatic rings. The van der Waals surface area contributed by atoms with Crippen molar-refractivity contribution in [3.63, 3.8) is 0 Å². The van der Waals surface area contributed by atoms with E-state index in [1.54, 1.807) is 7.11 Å². The molecule has 0 spiro atoms. The van der Waals surface area contributed by atoms with Crippen LogP contribution < -0.4 is 0 Å². The summed E-state index contributed by atoms with van der Waals surface area (Å²) in [4.78, 5) is 0. The lowest BCUT2D eigenvalue weighted by atomic mass is 10.1. The van der Waals surface area contributed by atoms with Gasteiger partial charge in [0.15, 0.2) is 0 Å². The van der Waals surface area contributed by atoms with E-state index in [9.17, 15) is 4.21 Å². The molecular formula is C8H14O4S2. The molecule has 0 saturated carbocycles. The SMILES string of the molecule is COC1CO[C@@H]2C(S(=O)SC)CO[C@H]12. The number of rotatable bonds is 3. The largest absolute Gasteiger partial charge is 0.376 e. The molecule has 0 N–H and O–H groups in total. The van der Waals surface area contributed by atoms with E-state index in [2.05, 4.69) is 0 Å². The van der Waals surface area contributed by atoms with Crippen molar-refractivity contribution in [2.24, 2.45) is 0 Å². The fourth-order valence-electron chi connectivity index (χ4n) is 1.92. The highest BCUT2D eigenvalue weighted by atomic mass is 33.1. The molecule has 0 bridgehead atoms. The first-order chi connectivity index (χ1) is 6.77. The van der Waals surface area contributed by atoms with E-state index >= 15 is 0 Å². The zero-order chi connectivity index (χ0) is 10.1. The lowest BCUT2D eigenvalue weighted by Gasteiger charge is -2.14. The third-order valence-electron chi connectivity index (χ3n) is 2.68. The third kappa shape index (κ3) is 1.74. The minimum absolute atomic E-state index is 0.00357. The molecular weight excluding hydrogens is 224 g/mol. The highest BCUT2D eigenvalue weighted by Crippen LogP contribution is 2.33. The van der Waals surface area contributed by atoms with Crippen molar-refractivity contribution in [2.45, 2.75) is 23.6 Å². The van der Waals surface area contributed by atoms with Gasteiger partial charge >= 0.3 is 0 Å². The number of methoxy groups -OCH3 is 1.